The van der Waals surface area contributed by atoms with Gasteiger partial charge in [-0.25, -0.2) is 0 Å². The minimum Gasteiger partial charge on any atom is -0.493 e. The molecule has 0 N–H and O–H groups in total. The van der Waals surface area contributed by atoms with Crippen LogP contribution in [0.5, 0.6) is 11.5 Å². The topological polar surface area (TPSA) is 18.5 Å². The van der Waals surface area contributed by atoms with Gasteiger partial charge < -0.3 is 9.47 Å². The number of aryl methyl sites for hydroxylation is 1. The van der Waals surface area contributed by atoms with Gasteiger partial charge in [0.05, 0.1) is 13.7 Å². The van der Waals surface area contributed by atoms with Crippen LogP contribution in [-0.4, -0.2) is 13.7 Å². The first kappa shape index (κ1) is 13.8. The summed E-state index contributed by atoms with van der Waals surface area (Å²) in [5.74, 6) is 1.56. The highest BCUT2D eigenvalue weighted by atomic mass is 35.5. The highest BCUT2D eigenvalue weighted by Crippen LogP contribution is 2.25. The fraction of sp³-hybridized carbons (Fsp3) is 0.250. The van der Waals surface area contributed by atoms with Gasteiger partial charge in [-0.15, -0.1) is 0 Å². The van der Waals surface area contributed by atoms with Crippen molar-refractivity contribution in [1.82, 2.24) is 0 Å². The van der Waals surface area contributed by atoms with Gasteiger partial charge in [-0.05, 0) is 42.7 Å². The minimum atomic E-state index is 0.660. The van der Waals surface area contributed by atoms with E-state index >= 15 is 0 Å². The monoisotopic (exact) mass is 276 g/mol. The lowest BCUT2D eigenvalue weighted by Gasteiger charge is -2.10. The van der Waals surface area contributed by atoms with E-state index in [0.29, 0.717) is 6.61 Å². The summed E-state index contributed by atoms with van der Waals surface area (Å²) in [5.41, 5.74) is 1.23. The summed E-state index contributed by atoms with van der Waals surface area (Å²) in [6.07, 6.45) is 1.90. The molecule has 0 aliphatic rings. The van der Waals surface area contributed by atoms with Crippen molar-refractivity contribution in [3.05, 3.63) is 59.1 Å². The third-order valence-corrected chi connectivity index (χ3v) is 3.06. The van der Waals surface area contributed by atoms with Crippen molar-refractivity contribution < 1.29 is 9.47 Å². The van der Waals surface area contributed by atoms with Crippen LogP contribution in [-0.2, 0) is 6.42 Å². The first-order valence-corrected chi connectivity index (χ1v) is 6.67. The third kappa shape index (κ3) is 4.18. The molecule has 0 aromatic heterocycles. The molecule has 0 saturated heterocycles. The lowest BCUT2D eigenvalue weighted by Crippen LogP contribution is -2.00. The second-order valence-electron chi connectivity index (χ2n) is 4.23. The first-order chi connectivity index (χ1) is 9.29. The molecule has 3 heteroatoms. The minimum absolute atomic E-state index is 0.660. The van der Waals surface area contributed by atoms with Gasteiger partial charge in [0.15, 0.2) is 11.5 Å². The first-order valence-electron chi connectivity index (χ1n) is 6.30. The molecule has 2 rings (SSSR count). The summed E-state index contributed by atoms with van der Waals surface area (Å²) in [6.45, 7) is 0.660. The molecule has 0 amide bonds. The van der Waals surface area contributed by atoms with E-state index in [-0.39, 0.29) is 0 Å². The Morgan fingerprint density at radius 3 is 2.53 bits per heavy atom. The van der Waals surface area contributed by atoms with Crippen molar-refractivity contribution >= 4 is 11.6 Å². The van der Waals surface area contributed by atoms with Gasteiger partial charge in [-0.2, -0.15) is 0 Å². The number of halogens is 1. The van der Waals surface area contributed by atoms with E-state index in [4.69, 9.17) is 21.1 Å². The highest BCUT2D eigenvalue weighted by Gasteiger charge is 2.02. The maximum absolute atomic E-state index is 5.95. The van der Waals surface area contributed by atoms with Crippen LogP contribution in [0, 0.1) is 0 Å². The Bertz CT molecular complexity index is 526. The number of hydrogen-bond donors (Lipinski definition) is 0. The Hall–Kier alpha value is -1.67. The molecule has 2 aromatic carbocycles. The van der Waals surface area contributed by atoms with Crippen LogP contribution in [0.15, 0.2) is 48.5 Å². The lowest BCUT2D eigenvalue weighted by atomic mass is 10.1. The van der Waals surface area contributed by atoms with Crippen LogP contribution in [0.4, 0.5) is 0 Å². The maximum atomic E-state index is 5.95. The molecular weight excluding hydrogens is 260 g/mol. The molecule has 2 nitrogen and oxygen atoms in total. The van der Waals surface area contributed by atoms with Gasteiger partial charge in [0.25, 0.3) is 0 Å². The predicted octanol–water partition coefficient (Wildman–Crippen LogP) is 4.36. The fourth-order valence-electron chi connectivity index (χ4n) is 1.89. The van der Waals surface area contributed by atoms with Gasteiger partial charge >= 0.3 is 0 Å². The number of benzene rings is 2. The predicted molar refractivity (Wildman–Crippen MR) is 78.3 cm³/mol. The third-order valence-electron chi connectivity index (χ3n) is 2.83. The van der Waals surface area contributed by atoms with E-state index in [9.17, 15) is 0 Å². The van der Waals surface area contributed by atoms with E-state index < -0.39 is 0 Å². The molecule has 0 radical (unpaired) electrons. The quantitative estimate of drug-likeness (QED) is 0.730. The maximum Gasteiger partial charge on any atom is 0.161 e. The molecule has 0 saturated carbocycles. The molecule has 0 atom stereocenters. The Labute approximate surface area is 118 Å². The molecule has 0 unspecified atom stereocenters. The van der Waals surface area contributed by atoms with Crippen molar-refractivity contribution in [2.45, 2.75) is 12.8 Å². The van der Waals surface area contributed by atoms with Crippen LogP contribution in [0.2, 0.25) is 5.02 Å². The van der Waals surface area contributed by atoms with Crippen molar-refractivity contribution in [3.63, 3.8) is 0 Å². The molecule has 19 heavy (non-hydrogen) atoms. The van der Waals surface area contributed by atoms with Crippen molar-refractivity contribution in [3.8, 4) is 11.5 Å². The number of ether oxygens (including phenoxy) is 2. The highest BCUT2D eigenvalue weighted by molar-refractivity contribution is 6.30. The van der Waals surface area contributed by atoms with E-state index in [0.717, 1.165) is 29.4 Å². The Morgan fingerprint density at radius 1 is 1.00 bits per heavy atom. The molecule has 0 fully saturated rings. The zero-order valence-corrected chi connectivity index (χ0v) is 11.7. The summed E-state index contributed by atoms with van der Waals surface area (Å²) in [4.78, 5) is 0. The van der Waals surface area contributed by atoms with Crippen molar-refractivity contribution in [2.75, 3.05) is 13.7 Å². The SMILES string of the molecule is COc1ccccc1OCCCc1cccc(Cl)c1. The van der Waals surface area contributed by atoms with Gasteiger partial charge in [0.1, 0.15) is 0 Å². The van der Waals surface area contributed by atoms with Crippen LogP contribution >= 0.6 is 11.6 Å². The normalized spacial score (nSPS) is 10.2. The van der Waals surface area contributed by atoms with Crippen molar-refractivity contribution in [1.29, 1.82) is 0 Å². The molecule has 100 valence electrons. The Morgan fingerprint density at radius 2 is 1.79 bits per heavy atom. The number of rotatable bonds is 6. The van der Waals surface area contributed by atoms with E-state index in [1.54, 1.807) is 7.11 Å². The van der Waals surface area contributed by atoms with Gasteiger partial charge in [0.2, 0.25) is 0 Å². The molecule has 0 aliphatic carbocycles. The number of hydrogen-bond acceptors (Lipinski definition) is 2. The second-order valence-corrected chi connectivity index (χ2v) is 4.67. The fourth-order valence-corrected chi connectivity index (χ4v) is 2.10. The molecule has 2 aromatic rings. The molecular formula is C16H17ClO2. The molecule has 0 heterocycles. The smallest absolute Gasteiger partial charge is 0.161 e. The summed E-state index contributed by atoms with van der Waals surface area (Å²) in [5, 5.41) is 0.781. The molecule has 0 bridgehead atoms. The van der Waals surface area contributed by atoms with Crippen LogP contribution < -0.4 is 9.47 Å². The van der Waals surface area contributed by atoms with Crippen LogP contribution in [0.1, 0.15) is 12.0 Å². The van der Waals surface area contributed by atoms with Gasteiger partial charge in [-0.1, -0.05) is 35.9 Å². The average molecular weight is 277 g/mol. The molecule has 0 spiro atoms. The van der Waals surface area contributed by atoms with Crippen LogP contribution in [0.25, 0.3) is 0 Å². The van der Waals surface area contributed by atoms with Crippen LogP contribution in [0.3, 0.4) is 0 Å². The summed E-state index contributed by atoms with van der Waals surface area (Å²) in [6, 6.07) is 15.6. The Balaban J connectivity index is 1.81. The average Bonchev–Trinajstić information content (AvgIpc) is 2.44. The zero-order chi connectivity index (χ0) is 13.5. The number of para-hydroxylation sites is 2. The second kappa shape index (κ2) is 7.05. The van der Waals surface area contributed by atoms with Gasteiger partial charge in [0, 0.05) is 5.02 Å². The zero-order valence-electron chi connectivity index (χ0n) is 10.9. The van der Waals surface area contributed by atoms with Gasteiger partial charge in [-0.3, -0.25) is 0 Å². The molecule has 0 aliphatic heterocycles. The van der Waals surface area contributed by atoms with E-state index in [1.165, 1.54) is 5.56 Å². The summed E-state index contributed by atoms with van der Waals surface area (Å²) in [7, 11) is 1.65. The number of methoxy groups -OCH3 is 1. The largest absolute Gasteiger partial charge is 0.493 e. The Kier molecular flexibility index (Phi) is 5.10. The standard InChI is InChI=1S/C16H17ClO2/c1-18-15-9-2-3-10-16(15)19-11-5-7-13-6-4-8-14(17)12-13/h2-4,6,8-10,12H,5,7,11H2,1H3. The van der Waals surface area contributed by atoms with E-state index in [2.05, 4.69) is 6.07 Å². The summed E-state index contributed by atoms with van der Waals surface area (Å²) >= 11 is 5.95. The van der Waals surface area contributed by atoms with Crippen molar-refractivity contribution in [2.24, 2.45) is 0 Å². The van der Waals surface area contributed by atoms with E-state index in [1.807, 2.05) is 42.5 Å². The lowest BCUT2D eigenvalue weighted by molar-refractivity contribution is 0.289. The summed E-state index contributed by atoms with van der Waals surface area (Å²) < 4.78 is 11.0.